The molecular weight excluding hydrogens is 412 g/mol. The smallest absolute Gasteiger partial charge is 0.326 e. The van der Waals surface area contributed by atoms with Crippen molar-refractivity contribution in [3.63, 3.8) is 0 Å². The van der Waals surface area contributed by atoms with Crippen LogP contribution in [0.5, 0.6) is 0 Å². The summed E-state index contributed by atoms with van der Waals surface area (Å²) in [5.74, 6) is -0.760. The number of carboxylic acid groups (broad SMARTS) is 1. The largest absolute Gasteiger partial charge is 0.480 e. The van der Waals surface area contributed by atoms with Gasteiger partial charge in [-0.05, 0) is 62.8 Å². The zero-order valence-corrected chi connectivity index (χ0v) is 19.6. The molecule has 0 aromatic carbocycles. The highest BCUT2D eigenvalue weighted by atomic mass is 32.1. The predicted molar refractivity (Wildman–Crippen MR) is 125 cm³/mol. The lowest BCUT2D eigenvalue weighted by molar-refractivity contribution is -0.140. The Morgan fingerprint density at radius 3 is 2.55 bits per heavy atom. The fourth-order valence-corrected chi connectivity index (χ4v) is 4.26. The summed E-state index contributed by atoms with van der Waals surface area (Å²) < 4.78 is 1.93. The molecule has 2 atom stereocenters. The molecule has 0 saturated carbocycles. The third-order valence-corrected chi connectivity index (χ3v) is 6.25. The molecule has 0 fully saturated rings. The van der Waals surface area contributed by atoms with E-state index in [-0.39, 0.29) is 11.5 Å². The topological polar surface area (TPSA) is 95.7 Å². The number of anilines is 1. The Bertz CT molecular complexity index is 1110. The maximum atomic E-state index is 12.8. The highest BCUT2D eigenvalue weighted by molar-refractivity contribution is 7.13. The molecule has 3 heterocycles. The highest BCUT2D eigenvalue weighted by Crippen LogP contribution is 2.36. The predicted octanol–water partition coefficient (Wildman–Crippen LogP) is 4.81. The summed E-state index contributed by atoms with van der Waals surface area (Å²) in [6.45, 7) is 12.0. The fraction of sp³-hybridized carbons (Fsp3) is 0.435. The van der Waals surface area contributed by atoms with Crippen molar-refractivity contribution in [2.75, 3.05) is 5.32 Å². The lowest BCUT2D eigenvalue weighted by Crippen LogP contribution is -2.45. The number of rotatable bonds is 7. The summed E-state index contributed by atoms with van der Waals surface area (Å²) in [7, 11) is 0. The number of fused-ring (bicyclic) bond motifs is 1. The number of hydrogen-bond donors (Lipinski definition) is 3. The number of nitrogens with zero attached hydrogens (tertiary/aromatic N) is 2. The average Bonchev–Trinajstić information content (AvgIpc) is 3.26. The molecule has 7 nitrogen and oxygen atoms in total. The van der Waals surface area contributed by atoms with Gasteiger partial charge in [0.2, 0.25) is 0 Å². The van der Waals surface area contributed by atoms with Crippen molar-refractivity contribution < 1.29 is 14.7 Å². The maximum Gasteiger partial charge on any atom is 0.326 e. The van der Waals surface area contributed by atoms with Crippen molar-refractivity contribution >= 4 is 34.7 Å². The quantitative estimate of drug-likeness (QED) is 0.488. The van der Waals surface area contributed by atoms with E-state index in [9.17, 15) is 14.7 Å². The Morgan fingerprint density at radius 1 is 1.29 bits per heavy atom. The summed E-state index contributed by atoms with van der Waals surface area (Å²) >= 11 is 1.63. The lowest BCUT2D eigenvalue weighted by Gasteiger charge is -2.22. The van der Waals surface area contributed by atoms with Crippen LogP contribution >= 0.6 is 11.3 Å². The molecule has 31 heavy (non-hydrogen) atoms. The average molecular weight is 443 g/mol. The summed E-state index contributed by atoms with van der Waals surface area (Å²) in [6.07, 6.45) is 2.46. The summed E-state index contributed by atoms with van der Waals surface area (Å²) in [5, 5.41) is 17.7. The van der Waals surface area contributed by atoms with Gasteiger partial charge < -0.3 is 15.7 Å². The molecule has 0 aliphatic carbocycles. The van der Waals surface area contributed by atoms with Gasteiger partial charge in [0.05, 0.1) is 4.88 Å². The van der Waals surface area contributed by atoms with Gasteiger partial charge in [-0.15, -0.1) is 11.3 Å². The van der Waals surface area contributed by atoms with Crippen molar-refractivity contribution in [2.45, 2.75) is 59.5 Å². The number of amides is 1. The number of hydrogen-bond acceptors (Lipinski definition) is 5. The first kappa shape index (κ1) is 22.8. The van der Waals surface area contributed by atoms with E-state index in [4.69, 9.17) is 4.98 Å². The first-order valence-electron chi connectivity index (χ1n) is 10.4. The van der Waals surface area contributed by atoms with Crippen LogP contribution in [-0.4, -0.2) is 37.9 Å². The SMILES string of the molecule is CCC(C)C(NC(=O)c1ccn2c(NC(C)(C)C)c(-c3sccc3C)nc2c1)C(=O)O. The van der Waals surface area contributed by atoms with E-state index >= 15 is 0 Å². The molecule has 3 N–H and O–H groups in total. The summed E-state index contributed by atoms with van der Waals surface area (Å²) in [4.78, 5) is 30.3. The molecule has 0 bridgehead atoms. The number of carbonyl (C=O) groups excluding carboxylic acids is 1. The molecule has 166 valence electrons. The molecular formula is C23H30N4O3S. The molecule has 0 spiro atoms. The van der Waals surface area contributed by atoms with Crippen LogP contribution in [0.4, 0.5) is 5.82 Å². The van der Waals surface area contributed by atoms with Crippen LogP contribution in [0.3, 0.4) is 0 Å². The van der Waals surface area contributed by atoms with E-state index in [2.05, 4.69) is 44.4 Å². The molecule has 3 aromatic rings. The van der Waals surface area contributed by atoms with E-state index in [1.54, 1.807) is 29.7 Å². The van der Waals surface area contributed by atoms with Gasteiger partial charge >= 0.3 is 5.97 Å². The Balaban J connectivity index is 2.03. The van der Waals surface area contributed by atoms with Gasteiger partial charge in [-0.25, -0.2) is 9.78 Å². The number of imidazole rings is 1. The number of nitrogens with one attached hydrogen (secondary N) is 2. The zero-order chi connectivity index (χ0) is 22.9. The van der Waals surface area contributed by atoms with Crippen molar-refractivity contribution in [3.8, 4) is 10.6 Å². The van der Waals surface area contributed by atoms with Gasteiger partial charge in [-0.3, -0.25) is 9.20 Å². The number of aliphatic carboxylic acids is 1. The zero-order valence-electron chi connectivity index (χ0n) is 18.8. The van der Waals surface area contributed by atoms with Gasteiger partial charge in [0.15, 0.2) is 0 Å². The van der Waals surface area contributed by atoms with Crippen LogP contribution in [0.25, 0.3) is 16.2 Å². The van der Waals surface area contributed by atoms with Crippen LogP contribution in [-0.2, 0) is 4.79 Å². The van der Waals surface area contributed by atoms with Crippen LogP contribution in [0.15, 0.2) is 29.8 Å². The first-order valence-corrected chi connectivity index (χ1v) is 11.3. The monoisotopic (exact) mass is 442 g/mol. The summed E-state index contributed by atoms with van der Waals surface area (Å²) in [6, 6.07) is 4.52. The minimum atomic E-state index is -1.03. The van der Waals surface area contributed by atoms with Gasteiger partial charge in [-0.2, -0.15) is 0 Å². The molecule has 0 aliphatic heterocycles. The number of carboxylic acids is 1. The maximum absolute atomic E-state index is 12.8. The normalized spacial score (nSPS) is 13.7. The second kappa shape index (κ2) is 8.70. The molecule has 3 rings (SSSR count). The van der Waals surface area contributed by atoms with E-state index in [0.717, 1.165) is 22.0 Å². The number of carbonyl (C=O) groups is 2. The third kappa shape index (κ3) is 4.90. The molecule has 3 aromatic heterocycles. The van der Waals surface area contributed by atoms with Crippen molar-refractivity contribution in [3.05, 3.63) is 40.9 Å². The van der Waals surface area contributed by atoms with E-state index in [1.807, 2.05) is 23.6 Å². The number of aryl methyl sites for hydroxylation is 1. The molecule has 0 aliphatic rings. The number of aromatic nitrogens is 2. The van der Waals surface area contributed by atoms with Crippen LogP contribution in [0.1, 0.15) is 57.0 Å². The lowest BCUT2D eigenvalue weighted by atomic mass is 9.99. The Morgan fingerprint density at radius 2 is 2.00 bits per heavy atom. The van der Waals surface area contributed by atoms with E-state index in [1.165, 1.54) is 0 Å². The number of thiophene rings is 1. The number of pyridine rings is 1. The van der Waals surface area contributed by atoms with Gasteiger partial charge in [0.1, 0.15) is 23.2 Å². The molecule has 1 amide bonds. The fourth-order valence-electron chi connectivity index (χ4n) is 3.34. The van der Waals surface area contributed by atoms with Crippen molar-refractivity contribution in [2.24, 2.45) is 5.92 Å². The second-order valence-corrected chi connectivity index (χ2v) is 9.85. The Labute approximate surface area is 186 Å². The molecule has 2 unspecified atom stereocenters. The van der Waals surface area contributed by atoms with E-state index < -0.39 is 17.9 Å². The molecule has 0 radical (unpaired) electrons. The Hall–Kier alpha value is -2.87. The minimum Gasteiger partial charge on any atom is -0.480 e. The highest BCUT2D eigenvalue weighted by Gasteiger charge is 2.26. The van der Waals surface area contributed by atoms with Crippen LogP contribution < -0.4 is 10.6 Å². The summed E-state index contributed by atoms with van der Waals surface area (Å²) in [5.41, 5.74) is 2.79. The van der Waals surface area contributed by atoms with E-state index in [0.29, 0.717) is 17.6 Å². The van der Waals surface area contributed by atoms with Crippen molar-refractivity contribution in [1.82, 2.24) is 14.7 Å². The van der Waals surface area contributed by atoms with Gasteiger partial charge in [-0.1, -0.05) is 20.3 Å². The molecule has 0 saturated heterocycles. The molecule has 8 heteroatoms. The third-order valence-electron chi connectivity index (χ3n) is 5.22. The van der Waals surface area contributed by atoms with Gasteiger partial charge in [0, 0.05) is 17.3 Å². The van der Waals surface area contributed by atoms with Crippen molar-refractivity contribution in [1.29, 1.82) is 0 Å². The Kier molecular flexibility index (Phi) is 6.40. The standard InChI is InChI=1S/C23H30N4O3S/c1-7-13(2)17(22(29)30)25-21(28)15-8-10-27-16(12-15)24-18(19-14(3)9-11-31-19)20(27)26-23(4,5)6/h8-13,17,26H,7H2,1-6H3,(H,25,28)(H,29,30). The van der Waals surface area contributed by atoms with Gasteiger partial charge in [0.25, 0.3) is 5.91 Å². The second-order valence-electron chi connectivity index (χ2n) is 8.94. The van der Waals surface area contributed by atoms with Crippen LogP contribution in [0.2, 0.25) is 0 Å². The first-order chi connectivity index (χ1) is 14.5. The van der Waals surface area contributed by atoms with Crippen LogP contribution in [0, 0.1) is 12.8 Å². The minimum absolute atomic E-state index is 0.174.